The Kier molecular flexibility index (Phi) is 2.59. The van der Waals surface area contributed by atoms with Crippen LogP contribution in [0.15, 0.2) is 22.0 Å². The SMILES string of the molecule is C/C=C1\C(=C/C)S(=O)(=O)N(C)S1(=O)=O. The van der Waals surface area contributed by atoms with Crippen molar-refractivity contribution in [1.29, 1.82) is 0 Å². The largest absolute Gasteiger partial charge is 0.257 e. The Hall–Kier alpha value is -0.660. The summed E-state index contributed by atoms with van der Waals surface area (Å²) < 4.78 is 46.6. The Bertz CT molecular complexity index is 462. The van der Waals surface area contributed by atoms with Crippen LogP contribution in [0.3, 0.4) is 0 Å². The average molecular weight is 237 g/mol. The molecule has 0 saturated carbocycles. The monoisotopic (exact) mass is 237 g/mol. The summed E-state index contributed by atoms with van der Waals surface area (Å²) in [5, 5.41) is 0. The molecule has 1 fully saturated rings. The minimum Gasteiger partial charge on any atom is -0.206 e. The van der Waals surface area contributed by atoms with Gasteiger partial charge in [-0.15, -0.1) is 0 Å². The van der Waals surface area contributed by atoms with Crippen molar-refractivity contribution in [1.82, 2.24) is 3.71 Å². The topological polar surface area (TPSA) is 71.5 Å². The van der Waals surface area contributed by atoms with Gasteiger partial charge in [-0.2, -0.15) is 0 Å². The molecule has 1 saturated heterocycles. The third-order valence-corrected chi connectivity index (χ3v) is 6.68. The molecule has 1 heterocycles. The maximum atomic E-state index is 11.5. The van der Waals surface area contributed by atoms with Gasteiger partial charge in [0, 0.05) is 7.05 Å². The van der Waals surface area contributed by atoms with Crippen molar-refractivity contribution in [3.8, 4) is 0 Å². The molecule has 0 unspecified atom stereocenters. The van der Waals surface area contributed by atoms with Crippen molar-refractivity contribution in [2.24, 2.45) is 0 Å². The lowest BCUT2D eigenvalue weighted by Crippen LogP contribution is -2.24. The first-order valence-corrected chi connectivity index (χ1v) is 6.75. The second-order valence-corrected chi connectivity index (χ2v) is 6.80. The van der Waals surface area contributed by atoms with E-state index in [4.69, 9.17) is 0 Å². The van der Waals surface area contributed by atoms with Crippen molar-refractivity contribution in [3.63, 3.8) is 0 Å². The predicted molar refractivity (Wildman–Crippen MR) is 53.1 cm³/mol. The maximum Gasteiger partial charge on any atom is 0.257 e. The molecule has 0 aromatic heterocycles. The van der Waals surface area contributed by atoms with E-state index in [-0.39, 0.29) is 9.81 Å². The summed E-state index contributed by atoms with van der Waals surface area (Å²) in [5.74, 6) is 0. The molecule has 5 nitrogen and oxygen atoms in total. The van der Waals surface area contributed by atoms with Gasteiger partial charge in [0.25, 0.3) is 20.0 Å². The van der Waals surface area contributed by atoms with E-state index in [0.29, 0.717) is 3.71 Å². The smallest absolute Gasteiger partial charge is 0.206 e. The van der Waals surface area contributed by atoms with Crippen LogP contribution in [0, 0.1) is 0 Å². The zero-order chi connectivity index (χ0) is 11.1. The predicted octanol–water partition coefficient (Wildman–Crippen LogP) is 0.399. The van der Waals surface area contributed by atoms with Gasteiger partial charge in [0.1, 0.15) is 0 Å². The molecular formula is C7H11NO4S2. The van der Waals surface area contributed by atoms with E-state index in [1.54, 1.807) is 0 Å². The second kappa shape index (κ2) is 3.18. The molecule has 0 spiro atoms. The molecule has 0 aromatic rings. The fraction of sp³-hybridized carbons (Fsp3) is 0.429. The van der Waals surface area contributed by atoms with Gasteiger partial charge < -0.3 is 0 Å². The van der Waals surface area contributed by atoms with Crippen LogP contribution in [0.4, 0.5) is 0 Å². The Morgan fingerprint density at radius 3 is 1.43 bits per heavy atom. The van der Waals surface area contributed by atoms with Crippen molar-refractivity contribution >= 4 is 20.0 Å². The van der Waals surface area contributed by atoms with E-state index in [1.165, 1.54) is 26.0 Å². The maximum absolute atomic E-state index is 11.5. The summed E-state index contributed by atoms with van der Waals surface area (Å²) in [6.45, 7) is 2.98. The molecule has 0 amide bonds. The number of nitrogens with zero attached hydrogens (tertiary/aromatic N) is 1. The standard InChI is InChI=1S/C7H11NO4S2/c1-4-6-7(5-2)14(11,12)8(3)13(6,9)10/h4-5H,1-3H3/b6-4+,7-5+. The quantitative estimate of drug-likeness (QED) is 0.611. The fourth-order valence-electron chi connectivity index (χ4n) is 1.24. The molecule has 0 aliphatic carbocycles. The van der Waals surface area contributed by atoms with Crippen LogP contribution in [-0.4, -0.2) is 27.6 Å². The molecule has 80 valence electrons. The Balaban J connectivity index is 3.72. The van der Waals surface area contributed by atoms with Crippen LogP contribution in [0.2, 0.25) is 0 Å². The zero-order valence-corrected chi connectivity index (χ0v) is 9.68. The number of allylic oxidation sites excluding steroid dienone is 2. The number of hydrogen-bond acceptors (Lipinski definition) is 4. The molecular weight excluding hydrogens is 226 g/mol. The van der Waals surface area contributed by atoms with Gasteiger partial charge in [0.15, 0.2) is 0 Å². The molecule has 7 heteroatoms. The van der Waals surface area contributed by atoms with Crippen LogP contribution >= 0.6 is 0 Å². The first kappa shape index (κ1) is 11.4. The number of sulfonamides is 2. The van der Waals surface area contributed by atoms with Crippen LogP contribution in [0.1, 0.15) is 13.8 Å². The lowest BCUT2D eigenvalue weighted by Gasteiger charge is -2.03. The summed E-state index contributed by atoms with van der Waals surface area (Å²) in [6.07, 6.45) is 2.57. The molecule has 0 bridgehead atoms. The Morgan fingerprint density at radius 2 is 1.21 bits per heavy atom. The molecule has 1 aliphatic heterocycles. The highest BCUT2D eigenvalue weighted by atomic mass is 32.3. The minimum absolute atomic E-state index is 0.150. The summed E-state index contributed by atoms with van der Waals surface area (Å²) in [5.41, 5.74) is 0. The first-order chi connectivity index (χ1) is 6.30. The molecule has 0 N–H and O–H groups in total. The normalized spacial score (nSPS) is 31.4. The highest BCUT2D eigenvalue weighted by Gasteiger charge is 2.46. The number of rotatable bonds is 0. The highest BCUT2D eigenvalue weighted by molar-refractivity contribution is 8.12. The summed E-state index contributed by atoms with van der Waals surface area (Å²) in [4.78, 5) is -0.301. The molecule has 0 radical (unpaired) electrons. The summed E-state index contributed by atoms with van der Waals surface area (Å²) in [7, 11) is -6.66. The fourth-order valence-corrected chi connectivity index (χ4v) is 5.28. The lowest BCUT2D eigenvalue weighted by atomic mass is 10.4. The van der Waals surface area contributed by atoms with Crippen LogP contribution in [0.25, 0.3) is 0 Å². The van der Waals surface area contributed by atoms with Gasteiger partial charge in [0.05, 0.1) is 9.81 Å². The molecule has 14 heavy (non-hydrogen) atoms. The molecule has 1 rings (SSSR count). The van der Waals surface area contributed by atoms with E-state index in [0.717, 1.165) is 7.05 Å². The van der Waals surface area contributed by atoms with E-state index in [1.807, 2.05) is 0 Å². The van der Waals surface area contributed by atoms with Gasteiger partial charge in [-0.3, -0.25) is 0 Å². The van der Waals surface area contributed by atoms with Crippen molar-refractivity contribution in [3.05, 3.63) is 22.0 Å². The third kappa shape index (κ3) is 1.23. The van der Waals surface area contributed by atoms with Crippen LogP contribution in [0.5, 0.6) is 0 Å². The van der Waals surface area contributed by atoms with Gasteiger partial charge >= 0.3 is 0 Å². The van der Waals surface area contributed by atoms with E-state index in [2.05, 4.69) is 0 Å². The Labute approximate surface area is 83.8 Å². The summed E-state index contributed by atoms with van der Waals surface area (Å²) >= 11 is 0. The number of hydrogen-bond donors (Lipinski definition) is 0. The van der Waals surface area contributed by atoms with Gasteiger partial charge in [-0.1, -0.05) is 15.9 Å². The van der Waals surface area contributed by atoms with E-state index >= 15 is 0 Å². The van der Waals surface area contributed by atoms with Crippen LogP contribution in [-0.2, 0) is 20.0 Å². The second-order valence-electron chi connectivity index (χ2n) is 2.70. The average Bonchev–Trinajstić information content (AvgIpc) is 2.22. The van der Waals surface area contributed by atoms with Crippen molar-refractivity contribution in [2.75, 3.05) is 7.05 Å². The Morgan fingerprint density at radius 1 is 0.929 bits per heavy atom. The lowest BCUT2D eigenvalue weighted by molar-refractivity contribution is 0.542. The molecule has 0 atom stereocenters. The van der Waals surface area contributed by atoms with Crippen LogP contribution < -0.4 is 0 Å². The van der Waals surface area contributed by atoms with Gasteiger partial charge in [-0.25, -0.2) is 16.8 Å². The van der Waals surface area contributed by atoms with Crippen molar-refractivity contribution in [2.45, 2.75) is 13.8 Å². The molecule has 0 aromatic carbocycles. The summed E-state index contributed by atoms with van der Waals surface area (Å²) in [6, 6.07) is 0. The minimum atomic E-state index is -3.85. The highest BCUT2D eigenvalue weighted by Crippen LogP contribution is 2.36. The van der Waals surface area contributed by atoms with E-state index < -0.39 is 20.0 Å². The van der Waals surface area contributed by atoms with E-state index in [9.17, 15) is 16.8 Å². The molecule has 1 aliphatic rings. The first-order valence-electron chi connectivity index (χ1n) is 3.87. The zero-order valence-electron chi connectivity index (χ0n) is 8.05. The van der Waals surface area contributed by atoms with Crippen molar-refractivity contribution < 1.29 is 16.8 Å². The third-order valence-electron chi connectivity index (χ3n) is 2.00. The van der Waals surface area contributed by atoms with Gasteiger partial charge in [-0.05, 0) is 13.8 Å². The van der Waals surface area contributed by atoms with Gasteiger partial charge in [0.2, 0.25) is 0 Å².